The van der Waals surface area contributed by atoms with Crippen LogP contribution in [-0.2, 0) is 20.9 Å². The zero-order chi connectivity index (χ0) is 14.6. The zero-order valence-electron chi connectivity index (χ0n) is 11.9. The summed E-state index contributed by atoms with van der Waals surface area (Å²) in [6, 6.07) is 9.26. The van der Waals surface area contributed by atoms with Gasteiger partial charge < -0.3 is 14.8 Å². The van der Waals surface area contributed by atoms with E-state index in [4.69, 9.17) is 14.3 Å². The van der Waals surface area contributed by atoms with Gasteiger partial charge in [-0.1, -0.05) is 30.3 Å². The van der Waals surface area contributed by atoms with Crippen molar-refractivity contribution in [2.75, 3.05) is 20.8 Å². The van der Waals surface area contributed by atoms with Crippen LogP contribution in [0.25, 0.3) is 0 Å². The Morgan fingerprint density at radius 2 is 1.90 bits per heavy atom. The Morgan fingerprint density at radius 1 is 1.20 bits per heavy atom. The number of urea groups is 1. The first-order valence-electron chi connectivity index (χ1n) is 6.51. The molecule has 0 aliphatic carbocycles. The number of methoxy groups -OCH3 is 2. The lowest BCUT2D eigenvalue weighted by Gasteiger charge is -2.13. The smallest absolute Gasteiger partial charge is 0.338 e. The number of amides is 2. The van der Waals surface area contributed by atoms with Crippen molar-refractivity contribution in [3.63, 3.8) is 0 Å². The van der Waals surface area contributed by atoms with E-state index in [1.165, 1.54) is 0 Å². The summed E-state index contributed by atoms with van der Waals surface area (Å²) in [5.74, 6) is 0. The summed E-state index contributed by atoms with van der Waals surface area (Å²) >= 11 is 0. The summed E-state index contributed by atoms with van der Waals surface area (Å²) in [6.45, 7) is 0.868. The number of nitrogens with one attached hydrogen (secondary N) is 2. The van der Waals surface area contributed by atoms with E-state index in [0.717, 1.165) is 18.4 Å². The van der Waals surface area contributed by atoms with Crippen molar-refractivity contribution in [1.29, 1.82) is 0 Å². The Bertz CT molecular complexity index is 369. The van der Waals surface area contributed by atoms with Crippen LogP contribution in [0.1, 0.15) is 18.4 Å². The molecule has 0 saturated heterocycles. The van der Waals surface area contributed by atoms with Gasteiger partial charge in [0.1, 0.15) is 0 Å². The van der Waals surface area contributed by atoms with Crippen molar-refractivity contribution in [3.05, 3.63) is 35.9 Å². The Morgan fingerprint density at radius 3 is 2.55 bits per heavy atom. The molecule has 112 valence electrons. The predicted molar refractivity (Wildman–Crippen MR) is 74.8 cm³/mol. The third-order valence-corrected chi connectivity index (χ3v) is 2.67. The maximum atomic E-state index is 11.4. The first-order valence-corrected chi connectivity index (χ1v) is 6.51. The van der Waals surface area contributed by atoms with Crippen LogP contribution in [0.15, 0.2) is 30.3 Å². The summed E-state index contributed by atoms with van der Waals surface area (Å²) in [7, 11) is 3.18. The van der Waals surface area contributed by atoms with Crippen LogP contribution < -0.4 is 10.8 Å². The summed E-state index contributed by atoms with van der Waals surface area (Å²) in [6.07, 6.45) is 1.26. The van der Waals surface area contributed by atoms with Gasteiger partial charge in [0.05, 0.1) is 6.61 Å². The molecule has 0 bridgehead atoms. The average molecular weight is 282 g/mol. The van der Waals surface area contributed by atoms with Crippen LogP contribution in [-0.4, -0.2) is 33.1 Å². The lowest BCUT2D eigenvalue weighted by molar-refractivity contribution is -0.106. The molecule has 0 atom stereocenters. The van der Waals surface area contributed by atoms with Crippen molar-refractivity contribution in [2.24, 2.45) is 0 Å². The minimum Gasteiger partial charge on any atom is -0.356 e. The summed E-state index contributed by atoms with van der Waals surface area (Å²) < 4.78 is 10.1. The molecule has 1 rings (SSSR count). The van der Waals surface area contributed by atoms with Crippen LogP contribution in [0.3, 0.4) is 0 Å². The van der Waals surface area contributed by atoms with Gasteiger partial charge in [-0.2, -0.15) is 0 Å². The summed E-state index contributed by atoms with van der Waals surface area (Å²) in [5.41, 5.74) is 3.33. The molecule has 0 spiro atoms. The zero-order valence-corrected chi connectivity index (χ0v) is 11.9. The van der Waals surface area contributed by atoms with Gasteiger partial charge in [-0.25, -0.2) is 10.3 Å². The number of carbonyl (C=O) groups is 1. The van der Waals surface area contributed by atoms with Crippen LogP contribution in [0, 0.1) is 0 Å². The molecular weight excluding hydrogens is 260 g/mol. The normalized spacial score (nSPS) is 10.6. The Hall–Kier alpha value is -1.63. The molecule has 6 nitrogen and oxygen atoms in total. The average Bonchev–Trinajstić information content (AvgIpc) is 2.48. The molecular formula is C14H22N2O4. The number of ether oxygens (including phenoxy) is 2. The molecule has 0 radical (unpaired) electrons. The molecule has 2 N–H and O–H groups in total. The third-order valence-electron chi connectivity index (χ3n) is 2.67. The molecule has 0 saturated carbocycles. The van der Waals surface area contributed by atoms with E-state index in [2.05, 4.69) is 10.8 Å². The molecule has 2 amide bonds. The molecule has 0 aliphatic heterocycles. The van der Waals surface area contributed by atoms with Gasteiger partial charge in [-0.05, 0) is 12.0 Å². The summed E-state index contributed by atoms with van der Waals surface area (Å²) in [5, 5.41) is 2.69. The fourth-order valence-electron chi connectivity index (χ4n) is 1.60. The van der Waals surface area contributed by atoms with Gasteiger partial charge in [-0.15, -0.1) is 0 Å². The third kappa shape index (κ3) is 7.08. The van der Waals surface area contributed by atoms with Crippen LogP contribution in [0.4, 0.5) is 4.79 Å². The van der Waals surface area contributed by atoms with E-state index in [9.17, 15) is 4.79 Å². The standard InChI is InChI=1S/C14H22N2O4/c1-18-13(19-2)9-6-10-15-14(17)16-20-11-12-7-4-3-5-8-12/h3-5,7-8,13H,6,9-11H2,1-2H3,(H2,15,16,17). The lowest BCUT2D eigenvalue weighted by atomic mass is 10.2. The van der Waals surface area contributed by atoms with Gasteiger partial charge in [0.25, 0.3) is 0 Å². The Balaban J connectivity index is 2.03. The van der Waals surface area contributed by atoms with Gasteiger partial charge in [-0.3, -0.25) is 4.84 Å². The van der Waals surface area contributed by atoms with E-state index in [1.807, 2.05) is 30.3 Å². The highest BCUT2D eigenvalue weighted by atomic mass is 16.7. The number of rotatable bonds is 9. The van der Waals surface area contributed by atoms with Gasteiger partial charge >= 0.3 is 6.03 Å². The van der Waals surface area contributed by atoms with E-state index in [-0.39, 0.29) is 12.3 Å². The van der Waals surface area contributed by atoms with Gasteiger partial charge in [0.2, 0.25) is 0 Å². The molecule has 0 heterocycles. The Kier molecular flexibility index (Phi) is 8.37. The SMILES string of the molecule is COC(CCCNC(=O)NOCc1ccccc1)OC. The minimum atomic E-state index is -0.354. The quantitative estimate of drug-likeness (QED) is 0.412. The lowest BCUT2D eigenvalue weighted by Crippen LogP contribution is -2.36. The molecule has 20 heavy (non-hydrogen) atoms. The fourth-order valence-corrected chi connectivity index (χ4v) is 1.60. The molecule has 0 aliphatic rings. The monoisotopic (exact) mass is 282 g/mol. The van der Waals surface area contributed by atoms with Crippen molar-refractivity contribution in [3.8, 4) is 0 Å². The second kappa shape index (κ2) is 10.2. The second-order valence-electron chi connectivity index (χ2n) is 4.18. The molecule has 0 fully saturated rings. The Labute approximate surface area is 119 Å². The first-order chi connectivity index (χ1) is 9.76. The van der Waals surface area contributed by atoms with Crippen LogP contribution in [0.5, 0.6) is 0 Å². The molecule has 1 aromatic carbocycles. The fraction of sp³-hybridized carbons (Fsp3) is 0.500. The summed E-state index contributed by atoms with van der Waals surface area (Å²) in [4.78, 5) is 16.5. The highest BCUT2D eigenvalue weighted by Crippen LogP contribution is 2.01. The topological polar surface area (TPSA) is 68.8 Å². The molecule has 0 aromatic heterocycles. The minimum absolute atomic E-state index is 0.228. The van der Waals surface area contributed by atoms with E-state index < -0.39 is 0 Å². The van der Waals surface area contributed by atoms with E-state index in [1.54, 1.807) is 14.2 Å². The van der Waals surface area contributed by atoms with Crippen molar-refractivity contribution < 1.29 is 19.1 Å². The van der Waals surface area contributed by atoms with Crippen molar-refractivity contribution >= 4 is 6.03 Å². The number of hydroxylamine groups is 1. The number of carbonyl (C=O) groups excluding carboxylic acids is 1. The van der Waals surface area contributed by atoms with Crippen molar-refractivity contribution in [2.45, 2.75) is 25.7 Å². The predicted octanol–water partition coefficient (Wildman–Crippen LogP) is 1.82. The molecule has 1 aromatic rings. The van der Waals surface area contributed by atoms with Crippen molar-refractivity contribution in [1.82, 2.24) is 10.8 Å². The number of hydrogen-bond acceptors (Lipinski definition) is 4. The van der Waals surface area contributed by atoms with E-state index in [0.29, 0.717) is 13.2 Å². The highest BCUT2D eigenvalue weighted by Gasteiger charge is 2.05. The number of hydrogen-bond donors (Lipinski definition) is 2. The van der Waals surface area contributed by atoms with Crippen LogP contribution >= 0.6 is 0 Å². The maximum Gasteiger partial charge on any atom is 0.338 e. The maximum absolute atomic E-state index is 11.4. The number of benzene rings is 1. The molecule has 0 unspecified atom stereocenters. The van der Waals surface area contributed by atoms with Crippen LogP contribution in [0.2, 0.25) is 0 Å². The highest BCUT2D eigenvalue weighted by molar-refractivity contribution is 5.72. The van der Waals surface area contributed by atoms with E-state index >= 15 is 0 Å². The van der Waals surface area contributed by atoms with Gasteiger partial charge in [0.15, 0.2) is 6.29 Å². The largest absolute Gasteiger partial charge is 0.356 e. The van der Waals surface area contributed by atoms with Gasteiger partial charge in [0, 0.05) is 27.2 Å². The second-order valence-corrected chi connectivity index (χ2v) is 4.18. The first kappa shape index (κ1) is 16.4. The molecule has 6 heteroatoms.